The van der Waals surface area contributed by atoms with E-state index >= 15 is 0 Å². The zero-order chi connectivity index (χ0) is 12.5. The lowest BCUT2D eigenvalue weighted by molar-refractivity contribution is 0.0976. The van der Waals surface area contributed by atoms with E-state index < -0.39 is 0 Å². The summed E-state index contributed by atoms with van der Waals surface area (Å²) in [6.07, 6.45) is 2.22. The summed E-state index contributed by atoms with van der Waals surface area (Å²) in [5.74, 6) is 0.814. The lowest BCUT2D eigenvalue weighted by Gasteiger charge is -2.07. The summed E-state index contributed by atoms with van der Waals surface area (Å²) in [5, 5.41) is 6.47. The fraction of sp³-hybridized carbons (Fsp3) is 0.333. The number of benzene rings is 1. The Morgan fingerprint density at radius 3 is 3.17 bits per heavy atom. The van der Waals surface area contributed by atoms with E-state index in [1.165, 1.54) is 17.5 Å². The van der Waals surface area contributed by atoms with Crippen molar-refractivity contribution in [1.29, 1.82) is 0 Å². The first-order chi connectivity index (χ1) is 8.74. The third-order valence-electron chi connectivity index (χ3n) is 3.42. The largest absolute Gasteiger partial charge is 0.290 e. The van der Waals surface area contributed by atoms with Gasteiger partial charge in [-0.15, -0.1) is 10.6 Å². The summed E-state index contributed by atoms with van der Waals surface area (Å²) < 4.78 is 0. The number of amides is 1. The van der Waals surface area contributed by atoms with Crippen LogP contribution in [0, 0.1) is 0 Å². The minimum Gasteiger partial charge on any atom is -0.290 e. The summed E-state index contributed by atoms with van der Waals surface area (Å²) in [7, 11) is 0. The van der Waals surface area contributed by atoms with Crippen LogP contribution in [0.3, 0.4) is 0 Å². The fourth-order valence-electron chi connectivity index (χ4n) is 2.41. The second-order valence-electron chi connectivity index (χ2n) is 4.63. The first kappa shape index (κ1) is 11.0. The molecular weight excluding hydrogens is 230 g/mol. The number of carbonyl (C=O) groups is 1. The highest BCUT2D eigenvalue weighted by atomic mass is 16.2. The molecule has 1 unspecified atom stereocenters. The predicted molar refractivity (Wildman–Crippen MR) is 67.5 cm³/mol. The van der Waals surface area contributed by atoms with E-state index in [4.69, 9.17) is 0 Å². The van der Waals surface area contributed by atoms with E-state index in [0.717, 1.165) is 6.42 Å². The molecule has 0 saturated carbocycles. The van der Waals surface area contributed by atoms with E-state index in [0.29, 0.717) is 17.4 Å². The Kier molecular flexibility index (Phi) is 2.64. The number of nitrogens with one attached hydrogen (secondary N) is 4. The predicted octanol–water partition coefficient (Wildman–Crippen LogP) is 0.349. The van der Waals surface area contributed by atoms with Crippen molar-refractivity contribution in [3.8, 4) is 0 Å². The number of rotatable bonds is 1. The molecule has 1 aromatic carbocycles. The van der Waals surface area contributed by atoms with Gasteiger partial charge in [0.2, 0.25) is 5.96 Å². The summed E-state index contributed by atoms with van der Waals surface area (Å²) >= 11 is 0. The van der Waals surface area contributed by atoms with Gasteiger partial charge in [0.15, 0.2) is 0 Å². The van der Waals surface area contributed by atoms with Gasteiger partial charge in [0.1, 0.15) is 0 Å². The lowest BCUT2D eigenvalue weighted by Crippen LogP contribution is -2.43. The molecule has 1 amide bonds. The van der Waals surface area contributed by atoms with E-state index in [1.54, 1.807) is 0 Å². The van der Waals surface area contributed by atoms with Crippen molar-refractivity contribution < 1.29 is 4.79 Å². The number of aryl methyl sites for hydroxylation is 1. The number of carbonyl (C=O) groups excluding carboxylic acids is 1. The van der Waals surface area contributed by atoms with Crippen LogP contribution < -0.4 is 21.8 Å². The number of hydrazine groups is 2. The summed E-state index contributed by atoms with van der Waals surface area (Å²) in [4.78, 5) is 12.0. The van der Waals surface area contributed by atoms with Crippen LogP contribution >= 0.6 is 0 Å². The molecule has 0 aromatic heterocycles. The molecule has 1 heterocycles. The van der Waals surface area contributed by atoms with Crippen LogP contribution in [0.25, 0.3) is 0 Å². The maximum absolute atomic E-state index is 12.0. The van der Waals surface area contributed by atoms with Crippen LogP contribution in [0.15, 0.2) is 23.3 Å². The maximum atomic E-state index is 12.0. The highest BCUT2D eigenvalue weighted by Gasteiger charge is 2.20. The first-order valence-electron chi connectivity index (χ1n) is 6.02. The van der Waals surface area contributed by atoms with Gasteiger partial charge in [0, 0.05) is 5.56 Å². The Morgan fingerprint density at radius 1 is 1.50 bits per heavy atom. The van der Waals surface area contributed by atoms with Gasteiger partial charge < -0.3 is 0 Å². The van der Waals surface area contributed by atoms with Crippen molar-refractivity contribution in [2.45, 2.75) is 25.7 Å². The zero-order valence-corrected chi connectivity index (χ0v) is 10.1. The second-order valence-corrected chi connectivity index (χ2v) is 4.63. The van der Waals surface area contributed by atoms with Gasteiger partial charge in [-0.1, -0.05) is 13.0 Å². The Hall–Kier alpha value is -2.08. The van der Waals surface area contributed by atoms with Crippen LogP contribution in [0.2, 0.25) is 0 Å². The molecule has 0 radical (unpaired) electrons. The molecule has 1 aromatic rings. The Morgan fingerprint density at radius 2 is 2.39 bits per heavy atom. The zero-order valence-electron chi connectivity index (χ0n) is 10.1. The molecule has 0 fully saturated rings. The minimum atomic E-state index is -0.158. The van der Waals surface area contributed by atoms with Gasteiger partial charge >= 0.3 is 0 Å². The van der Waals surface area contributed by atoms with Gasteiger partial charge in [-0.2, -0.15) is 0 Å². The molecule has 2 aliphatic rings. The number of hydrogen-bond donors (Lipinski definition) is 4. The van der Waals surface area contributed by atoms with Gasteiger partial charge in [0.25, 0.3) is 5.91 Å². The Labute approximate surface area is 105 Å². The Bertz CT molecular complexity index is 525. The highest BCUT2D eigenvalue weighted by Crippen LogP contribution is 2.32. The van der Waals surface area contributed by atoms with Crippen LogP contribution in [-0.2, 0) is 6.42 Å². The monoisotopic (exact) mass is 245 g/mol. The maximum Gasteiger partial charge on any atom is 0.258 e. The highest BCUT2D eigenvalue weighted by molar-refractivity contribution is 6.05. The third-order valence-corrected chi connectivity index (χ3v) is 3.42. The molecule has 6 nitrogen and oxygen atoms in total. The van der Waals surface area contributed by atoms with E-state index in [-0.39, 0.29) is 5.91 Å². The molecule has 1 aliphatic carbocycles. The number of hydrogen-bond acceptors (Lipinski definition) is 5. The third kappa shape index (κ3) is 1.91. The molecule has 0 bridgehead atoms. The molecule has 0 saturated heterocycles. The molecule has 1 aliphatic heterocycles. The molecule has 4 N–H and O–H groups in total. The quantitative estimate of drug-likeness (QED) is 0.576. The molecule has 18 heavy (non-hydrogen) atoms. The van der Waals surface area contributed by atoms with Crippen LogP contribution in [0.1, 0.15) is 40.7 Å². The van der Waals surface area contributed by atoms with Gasteiger partial charge in [0.05, 0.1) is 0 Å². The van der Waals surface area contributed by atoms with E-state index in [2.05, 4.69) is 39.9 Å². The molecular formula is C12H15N5O. The lowest BCUT2D eigenvalue weighted by atomic mass is 10.0. The van der Waals surface area contributed by atoms with Crippen molar-refractivity contribution >= 4 is 11.9 Å². The van der Waals surface area contributed by atoms with E-state index in [9.17, 15) is 4.79 Å². The van der Waals surface area contributed by atoms with Crippen molar-refractivity contribution in [3.63, 3.8) is 0 Å². The smallest absolute Gasteiger partial charge is 0.258 e. The Balaban J connectivity index is 1.78. The summed E-state index contributed by atoms with van der Waals surface area (Å²) in [6, 6.07) is 5.90. The molecule has 3 rings (SSSR count). The fourth-order valence-corrected chi connectivity index (χ4v) is 2.41. The van der Waals surface area contributed by atoms with Gasteiger partial charge in [-0.05, 0) is 42.0 Å². The second kappa shape index (κ2) is 4.30. The van der Waals surface area contributed by atoms with Crippen LogP contribution in [0.4, 0.5) is 0 Å². The molecule has 0 spiro atoms. The molecule has 1 atom stereocenters. The van der Waals surface area contributed by atoms with Crippen molar-refractivity contribution in [3.05, 3.63) is 34.9 Å². The van der Waals surface area contributed by atoms with Gasteiger partial charge in [-0.25, -0.2) is 5.53 Å². The van der Waals surface area contributed by atoms with Crippen molar-refractivity contribution in [1.82, 2.24) is 21.8 Å². The van der Waals surface area contributed by atoms with E-state index in [1.807, 2.05) is 12.1 Å². The molecule has 94 valence electrons. The number of fused-ring (bicyclic) bond motifs is 1. The average molecular weight is 245 g/mol. The molecule has 6 heteroatoms. The first-order valence-corrected chi connectivity index (χ1v) is 6.02. The summed E-state index contributed by atoms with van der Waals surface area (Å²) in [6.45, 7) is 2.22. The average Bonchev–Trinajstić information content (AvgIpc) is 2.99. The normalized spacial score (nSPS) is 20.7. The summed E-state index contributed by atoms with van der Waals surface area (Å²) in [5.41, 5.74) is 11.0. The number of nitrogens with zero attached hydrogens (tertiary/aromatic N) is 1. The van der Waals surface area contributed by atoms with Crippen molar-refractivity contribution in [2.24, 2.45) is 5.10 Å². The minimum absolute atomic E-state index is 0.158. The van der Waals surface area contributed by atoms with Crippen LogP contribution in [-0.4, -0.2) is 11.9 Å². The number of guanidine groups is 1. The van der Waals surface area contributed by atoms with Crippen LogP contribution in [0.5, 0.6) is 0 Å². The van der Waals surface area contributed by atoms with Crippen molar-refractivity contribution in [2.75, 3.05) is 0 Å². The van der Waals surface area contributed by atoms with Gasteiger partial charge in [-0.3, -0.25) is 15.5 Å². The number of hydrazone groups is 1. The standard InChI is InChI=1S/C12H15N5O/c1-7-2-3-8-6-9(4-5-10(7)8)11(18)13-12-14-16-17-15-12/h4-7,16-17H,2-3H2,1H3,(H2,13,14,15,18). The topological polar surface area (TPSA) is 77.5 Å². The SMILES string of the molecule is CC1CCc2cc(C(=O)NC3=NNNN3)ccc21.